The van der Waals surface area contributed by atoms with Gasteiger partial charge in [0.05, 0.1) is 23.7 Å². The monoisotopic (exact) mass is 361 g/mol. The van der Waals surface area contributed by atoms with Gasteiger partial charge in [0.15, 0.2) is 0 Å². The second-order valence-corrected chi connectivity index (χ2v) is 5.34. The molecule has 0 radical (unpaired) electrons. The summed E-state index contributed by atoms with van der Waals surface area (Å²) in [5.41, 5.74) is -0.129. The van der Waals surface area contributed by atoms with Gasteiger partial charge in [-0.3, -0.25) is 4.79 Å². The molecule has 2 rings (SSSR count). The topological polar surface area (TPSA) is 33.5 Å². The number of nitrogens with zero attached hydrogens (tertiary/aromatic N) is 1. The van der Waals surface area contributed by atoms with Crippen molar-refractivity contribution in [3.8, 4) is 0 Å². The Balaban J connectivity index is 2.26. The van der Waals surface area contributed by atoms with E-state index in [2.05, 4.69) is 15.9 Å². The average Bonchev–Trinajstić information content (AvgIpc) is 2.90. The minimum Gasteiger partial charge on any atom is -0.472 e. The predicted molar refractivity (Wildman–Crippen MR) is 73.6 cm³/mol. The van der Waals surface area contributed by atoms with Crippen LogP contribution in [0.25, 0.3) is 0 Å². The van der Waals surface area contributed by atoms with Crippen molar-refractivity contribution in [2.45, 2.75) is 12.7 Å². The number of amides is 1. The summed E-state index contributed by atoms with van der Waals surface area (Å²) >= 11 is 3.11. The van der Waals surface area contributed by atoms with Crippen molar-refractivity contribution >= 4 is 21.8 Å². The van der Waals surface area contributed by atoms with Crippen molar-refractivity contribution in [2.75, 3.05) is 7.05 Å². The molecule has 1 aromatic carbocycles. The van der Waals surface area contributed by atoms with E-state index in [-0.39, 0.29) is 12.1 Å². The van der Waals surface area contributed by atoms with E-state index in [0.717, 1.165) is 17.7 Å². The van der Waals surface area contributed by atoms with Gasteiger partial charge < -0.3 is 9.32 Å². The SMILES string of the molecule is CN(Cc1ccoc1)C(=O)c1cc(C(F)(F)F)ccc1Br. The minimum atomic E-state index is -4.49. The van der Waals surface area contributed by atoms with Gasteiger partial charge in [0.25, 0.3) is 5.91 Å². The van der Waals surface area contributed by atoms with Gasteiger partial charge in [-0.05, 0) is 40.2 Å². The first-order chi connectivity index (χ1) is 9.79. The van der Waals surface area contributed by atoms with Gasteiger partial charge in [-0.15, -0.1) is 0 Å². The zero-order valence-corrected chi connectivity index (χ0v) is 12.5. The van der Waals surface area contributed by atoms with Crippen LogP contribution in [-0.4, -0.2) is 17.9 Å². The summed E-state index contributed by atoms with van der Waals surface area (Å²) < 4.78 is 43.4. The summed E-state index contributed by atoms with van der Waals surface area (Å²) in [6, 6.07) is 4.68. The smallest absolute Gasteiger partial charge is 0.416 e. The lowest BCUT2D eigenvalue weighted by Crippen LogP contribution is -2.26. The Hall–Kier alpha value is -1.76. The number of alkyl halides is 3. The minimum absolute atomic E-state index is 0.0316. The lowest BCUT2D eigenvalue weighted by molar-refractivity contribution is -0.137. The molecular weight excluding hydrogens is 351 g/mol. The summed E-state index contributed by atoms with van der Waals surface area (Å²) in [5.74, 6) is -0.505. The quantitative estimate of drug-likeness (QED) is 0.814. The molecule has 2 aromatic rings. The van der Waals surface area contributed by atoms with Crippen molar-refractivity contribution in [3.63, 3.8) is 0 Å². The maximum absolute atomic E-state index is 12.7. The fourth-order valence-corrected chi connectivity index (χ4v) is 2.22. The number of halogens is 4. The standard InChI is InChI=1S/C14H11BrF3NO2/c1-19(7-9-4-5-21-8-9)13(20)11-6-10(14(16,17)18)2-3-12(11)15/h2-6,8H,7H2,1H3. The molecule has 0 aliphatic heterocycles. The number of hydrogen-bond acceptors (Lipinski definition) is 2. The Morgan fingerprint density at radius 2 is 2.05 bits per heavy atom. The molecule has 1 heterocycles. The highest BCUT2D eigenvalue weighted by atomic mass is 79.9. The Morgan fingerprint density at radius 1 is 1.33 bits per heavy atom. The van der Waals surface area contributed by atoms with Crippen LogP contribution in [0.3, 0.4) is 0 Å². The highest BCUT2D eigenvalue weighted by molar-refractivity contribution is 9.10. The molecular formula is C14H11BrF3NO2. The summed E-state index contributed by atoms with van der Waals surface area (Å²) in [6.07, 6.45) is -1.54. The van der Waals surface area contributed by atoms with Crippen molar-refractivity contribution < 1.29 is 22.4 Å². The lowest BCUT2D eigenvalue weighted by Gasteiger charge is -2.18. The molecule has 0 fully saturated rings. The number of rotatable bonds is 3. The van der Waals surface area contributed by atoms with E-state index in [1.807, 2.05) is 0 Å². The van der Waals surface area contributed by atoms with Gasteiger partial charge in [0, 0.05) is 23.6 Å². The van der Waals surface area contributed by atoms with Crippen LogP contribution in [0.1, 0.15) is 21.5 Å². The first-order valence-electron chi connectivity index (χ1n) is 5.92. The largest absolute Gasteiger partial charge is 0.472 e. The Morgan fingerprint density at radius 3 is 2.62 bits per heavy atom. The van der Waals surface area contributed by atoms with Crippen LogP contribution in [0, 0.1) is 0 Å². The van der Waals surface area contributed by atoms with Gasteiger partial charge in [0.1, 0.15) is 0 Å². The van der Waals surface area contributed by atoms with Crippen LogP contribution in [-0.2, 0) is 12.7 Å². The van der Waals surface area contributed by atoms with Crippen molar-refractivity contribution in [1.29, 1.82) is 0 Å². The number of carbonyl (C=O) groups is 1. The van der Waals surface area contributed by atoms with Gasteiger partial charge in [-0.1, -0.05) is 0 Å². The predicted octanol–water partition coefficient (Wildman–Crippen LogP) is 4.33. The first kappa shape index (κ1) is 15.6. The lowest BCUT2D eigenvalue weighted by atomic mass is 10.1. The summed E-state index contributed by atoms with van der Waals surface area (Å²) in [7, 11) is 1.52. The Labute approximate surface area is 127 Å². The molecule has 0 saturated heterocycles. The van der Waals surface area contributed by atoms with Crippen LogP contribution < -0.4 is 0 Å². The van der Waals surface area contributed by atoms with Crippen molar-refractivity contribution in [1.82, 2.24) is 4.90 Å². The zero-order chi connectivity index (χ0) is 15.6. The average molecular weight is 362 g/mol. The van der Waals surface area contributed by atoms with Crippen LogP contribution >= 0.6 is 15.9 Å². The van der Waals surface area contributed by atoms with Gasteiger partial charge in [-0.2, -0.15) is 13.2 Å². The molecule has 3 nitrogen and oxygen atoms in total. The van der Waals surface area contributed by atoms with E-state index in [1.54, 1.807) is 6.07 Å². The van der Waals surface area contributed by atoms with E-state index in [9.17, 15) is 18.0 Å². The molecule has 0 atom stereocenters. The third-order valence-electron chi connectivity index (χ3n) is 2.87. The van der Waals surface area contributed by atoms with Gasteiger partial charge in [-0.25, -0.2) is 0 Å². The second kappa shape index (κ2) is 5.93. The molecule has 21 heavy (non-hydrogen) atoms. The van der Waals surface area contributed by atoms with Gasteiger partial charge in [0.2, 0.25) is 0 Å². The fourth-order valence-electron chi connectivity index (χ4n) is 1.80. The fraction of sp³-hybridized carbons (Fsp3) is 0.214. The number of carbonyl (C=O) groups excluding carboxylic acids is 1. The maximum Gasteiger partial charge on any atom is 0.416 e. The molecule has 112 valence electrons. The first-order valence-corrected chi connectivity index (χ1v) is 6.71. The second-order valence-electron chi connectivity index (χ2n) is 4.49. The third-order valence-corrected chi connectivity index (χ3v) is 3.56. The van der Waals surface area contributed by atoms with Crippen molar-refractivity contribution in [2.24, 2.45) is 0 Å². The van der Waals surface area contributed by atoms with Crippen LogP contribution in [0.15, 0.2) is 45.7 Å². The molecule has 1 amide bonds. The third kappa shape index (κ3) is 3.66. The molecule has 7 heteroatoms. The molecule has 0 N–H and O–H groups in total. The van der Waals surface area contributed by atoms with Crippen LogP contribution in [0.5, 0.6) is 0 Å². The molecule has 0 bridgehead atoms. The van der Waals surface area contributed by atoms with E-state index in [0.29, 0.717) is 4.47 Å². The van der Waals surface area contributed by atoms with E-state index >= 15 is 0 Å². The van der Waals surface area contributed by atoms with E-state index < -0.39 is 17.6 Å². The Bertz CT molecular complexity index is 638. The van der Waals surface area contributed by atoms with Crippen LogP contribution in [0.2, 0.25) is 0 Å². The van der Waals surface area contributed by atoms with Crippen molar-refractivity contribution in [3.05, 3.63) is 58.0 Å². The Kier molecular flexibility index (Phi) is 4.41. The number of hydrogen-bond donors (Lipinski definition) is 0. The number of furan rings is 1. The molecule has 0 aliphatic carbocycles. The molecule has 0 saturated carbocycles. The van der Waals surface area contributed by atoms with Crippen LogP contribution in [0.4, 0.5) is 13.2 Å². The molecule has 0 spiro atoms. The summed E-state index contributed by atoms with van der Waals surface area (Å²) in [5, 5.41) is 0. The van der Waals surface area contributed by atoms with E-state index in [1.165, 1.54) is 30.5 Å². The summed E-state index contributed by atoms with van der Waals surface area (Å²) in [4.78, 5) is 13.6. The van der Waals surface area contributed by atoms with Gasteiger partial charge >= 0.3 is 6.18 Å². The number of benzene rings is 1. The molecule has 0 unspecified atom stereocenters. The molecule has 0 aliphatic rings. The zero-order valence-electron chi connectivity index (χ0n) is 10.9. The maximum atomic E-state index is 12.7. The highest BCUT2D eigenvalue weighted by Gasteiger charge is 2.32. The summed E-state index contributed by atoms with van der Waals surface area (Å²) in [6.45, 7) is 0.248. The highest BCUT2D eigenvalue weighted by Crippen LogP contribution is 2.32. The normalized spacial score (nSPS) is 11.5. The molecule has 1 aromatic heterocycles. The van der Waals surface area contributed by atoms with E-state index in [4.69, 9.17) is 4.42 Å².